The van der Waals surface area contributed by atoms with Gasteiger partial charge >= 0.3 is 5.97 Å². The molecule has 1 aliphatic rings. The maximum atomic E-state index is 13.6. The van der Waals surface area contributed by atoms with E-state index in [4.69, 9.17) is 21.1 Å². The molecule has 4 rings (SSSR count). The number of hydrogen-bond acceptors (Lipinski definition) is 6. The van der Waals surface area contributed by atoms with Gasteiger partial charge < -0.3 is 9.47 Å². The Morgan fingerprint density at radius 2 is 2.00 bits per heavy atom. The summed E-state index contributed by atoms with van der Waals surface area (Å²) < 4.78 is 13.6. The highest BCUT2D eigenvalue weighted by Gasteiger charge is 2.33. The standard InChI is InChI=1S/C24H20BrClN2O4S/c1-4-32-23(30)20-13(2)27-24-28(21(20)14-5-8-17(26)9-6-14)22(29)19(33-24)12-15-11-16(25)7-10-18(15)31-3/h5-12,21H,4H2,1-3H3/b19-12-. The zero-order chi connectivity index (χ0) is 23.7. The second-order valence-electron chi connectivity index (χ2n) is 7.24. The summed E-state index contributed by atoms with van der Waals surface area (Å²) in [5.41, 5.74) is 2.08. The number of nitrogens with zero attached hydrogens (tertiary/aromatic N) is 2. The number of esters is 1. The smallest absolute Gasteiger partial charge is 0.338 e. The number of carbonyl (C=O) groups is 1. The molecule has 1 unspecified atom stereocenters. The minimum atomic E-state index is -0.677. The number of methoxy groups -OCH3 is 1. The van der Waals surface area contributed by atoms with Crippen molar-refractivity contribution in [1.82, 2.24) is 4.57 Å². The van der Waals surface area contributed by atoms with Crippen LogP contribution in [0.15, 0.2) is 68.0 Å². The molecule has 1 aliphatic heterocycles. The van der Waals surface area contributed by atoms with Gasteiger partial charge in [-0.25, -0.2) is 9.79 Å². The Morgan fingerprint density at radius 1 is 1.27 bits per heavy atom. The summed E-state index contributed by atoms with van der Waals surface area (Å²) in [6, 6.07) is 12.0. The third-order valence-corrected chi connectivity index (χ3v) is 6.91. The molecule has 1 aromatic heterocycles. The predicted octanol–water partition coefficient (Wildman–Crippen LogP) is 4.22. The zero-order valence-electron chi connectivity index (χ0n) is 18.1. The van der Waals surface area contributed by atoms with Crippen molar-refractivity contribution in [2.45, 2.75) is 19.9 Å². The molecule has 3 aromatic rings. The lowest BCUT2D eigenvalue weighted by Gasteiger charge is -2.24. The molecule has 9 heteroatoms. The molecule has 0 radical (unpaired) electrons. The molecule has 1 atom stereocenters. The van der Waals surface area contributed by atoms with Crippen LogP contribution in [0, 0.1) is 0 Å². The fourth-order valence-corrected chi connectivity index (χ4v) is 5.25. The Morgan fingerprint density at radius 3 is 2.67 bits per heavy atom. The van der Waals surface area contributed by atoms with E-state index >= 15 is 0 Å². The van der Waals surface area contributed by atoms with Crippen LogP contribution in [0.5, 0.6) is 5.75 Å². The lowest BCUT2D eigenvalue weighted by molar-refractivity contribution is -0.139. The van der Waals surface area contributed by atoms with Crippen molar-refractivity contribution in [3.05, 3.63) is 94.0 Å². The van der Waals surface area contributed by atoms with Gasteiger partial charge in [-0.3, -0.25) is 9.36 Å². The highest BCUT2D eigenvalue weighted by molar-refractivity contribution is 9.10. The summed E-state index contributed by atoms with van der Waals surface area (Å²) in [5.74, 6) is 0.142. The van der Waals surface area contributed by atoms with E-state index in [1.54, 1.807) is 55.9 Å². The highest BCUT2D eigenvalue weighted by atomic mass is 79.9. The number of thiazole rings is 1. The number of allylic oxidation sites excluding steroid dienone is 1. The molecule has 0 amide bonds. The first kappa shape index (κ1) is 23.5. The van der Waals surface area contributed by atoms with E-state index in [0.29, 0.717) is 31.4 Å². The van der Waals surface area contributed by atoms with Crippen LogP contribution in [0.25, 0.3) is 6.08 Å². The summed E-state index contributed by atoms with van der Waals surface area (Å²) in [6.07, 6.45) is 1.77. The van der Waals surface area contributed by atoms with E-state index in [0.717, 1.165) is 15.6 Å². The third kappa shape index (κ3) is 4.55. The molecule has 0 fully saturated rings. The van der Waals surface area contributed by atoms with Gasteiger partial charge in [0.15, 0.2) is 4.80 Å². The third-order valence-electron chi connectivity index (χ3n) is 5.18. The van der Waals surface area contributed by atoms with Gasteiger partial charge in [-0.2, -0.15) is 0 Å². The fourth-order valence-electron chi connectivity index (χ4n) is 3.71. The van der Waals surface area contributed by atoms with Gasteiger partial charge in [-0.1, -0.05) is 51.0 Å². The number of ether oxygens (including phenoxy) is 2. The van der Waals surface area contributed by atoms with E-state index in [2.05, 4.69) is 20.9 Å². The van der Waals surface area contributed by atoms with E-state index in [-0.39, 0.29) is 12.2 Å². The molecule has 0 saturated carbocycles. The van der Waals surface area contributed by atoms with Crippen molar-refractivity contribution >= 4 is 50.9 Å². The molecule has 0 bridgehead atoms. The molecule has 33 heavy (non-hydrogen) atoms. The fraction of sp³-hybridized carbons (Fsp3) is 0.208. The maximum absolute atomic E-state index is 13.6. The molecule has 170 valence electrons. The minimum Gasteiger partial charge on any atom is -0.496 e. The summed E-state index contributed by atoms with van der Waals surface area (Å²) in [7, 11) is 1.58. The Kier molecular flexibility index (Phi) is 6.88. The zero-order valence-corrected chi connectivity index (χ0v) is 21.3. The van der Waals surface area contributed by atoms with Gasteiger partial charge in [0.2, 0.25) is 0 Å². The minimum absolute atomic E-state index is 0.218. The number of carbonyl (C=O) groups excluding carboxylic acids is 1. The number of halogens is 2. The predicted molar refractivity (Wildman–Crippen MR) is 133 cm³/mol. The van der Waals surface area contributed by atoms with Gasteiger partial charge in [-0.15, -0.1) is 0 Å². The average molecular weight is 548 g/mol. The van der Waals surface area contributed by atoms with Crippen LogP contribution >= 0.6 is 38.9 Å². The van der Waals surface area contributed by atoms with Gasteiger partial charge in [0.25, 0.3) is 5.56 Å². The molecule has 6 nitrogen and oxygen atoms in total. The van der Waals surface area contributed by atoms with Crippen molar-refractivity contribution in [2.75, 3.05) is 13.7 Å². The van der Waals surface area contributed by atoms with E-state index in [1.165, 1.54) is 11.3 Å². The van der Waals surface area contributed by atoms with Gasteiger partial charge in [0.1, 0.15) is 5.75 Å². The van der Waals surface area contributed by atoms with Crippen LogP contribution in [0.1, 0.15) is 31.0 Å². The molecule has 0 N–H and O–H groups in total. The Hall–Kier alpha value is -2.68. The number of aromatic nitrogens is 1. The first-order valence-electron chi connectivity index (χ1n) is 10.1. The van der Waals surface area contributed by atoms with Crippen molar-refractivity contribution in [3.63, 3.8) is 0 Å². The maximum Gasteiger partial charge on any atom is 0.338 e. The van der Waals surface area contributed by atoms with Crippen LogP contribution in [0.3, 0.4) is 0 Å². The molecule has 0 saturated heterocycles. The van der Waals surface area contributed by atoms with Crippen LogP contribution in [0.2, 0.25) is 5.02 Å². The van der Waals surface area contributed by atoms with Gasteiger partial charge in [-0.05, 0) is 55.8 Å². The van der Waals surface area contributed by atoms with Crippen LogP contribution < -0.4 is 19.6 Å². The molecule has 0 spiro atoms. The number of rotatable bonds is 5. The van der Waals surface area contributed by atoms with E-state index in [9.17, 15) is 9.59 Å². The van der Waals surface area contributed by atoms with Crippen molar-refractivity contribution in [2.24, 2.45) is 4.99 Å². The summed E-state index contributed by atoms with van der Waals surface area (Å²) in [4.78, 5) is 31.6. The quantitative estimate of drug-likeness (QED) is 0.449. The number of hydrogen-bond donors (Lipinski definition) is 0. The Bertz CT molecular complexity index is 1440. The second kappa shape index (κ2) is 9.67. The highest BCUT2D eigenvalue weighted by Crippen LogP contribution is 2.31. The SMILES string of the molecule is CCOC(=O)C1=C(C)N=c2s/c(=C\c3cc(Br)ccc3OC)c(=O)n2C1c1ccc(Cl)cc1. The van der Waals surface area contributed by atoms with Gasteiger partial charge in [0.05, 0.1) is 35.6 Å². The molecule has 0 aliphatic carbocycles. The summed E-state index contributed by atoms with van der Waals surface area (Å²) >= 11 is 10.8. The molecular weight excluding hydrogens is 528 g/mol. The van der Waals surface area contributed by atoms with E-state index < -0.39 is 12.0 Å². The monoisotopic (exact) mass is 546 g/mol. The lowest BCUT2D eigenvalue weighted by atomic mass is 9.96. The topological polar surface area (TPSA) is 69.9 Å². The number of fused-ring (bicyclic) bond motifs is 1. The number of benzene rings is 2. The first-order valence-corrected chi connectivity index (χ1v) is 12.1. The Labute approximate surface area is 207 Å². The van der Waals surface area contributed by atoms with Crippen molar-refractivity contribution < 1.29 is 14.3 Å². The van der Waals surface area contributed by atoms with Crippen LogP contribution in [0.4, 0.5) is 0 Å². The van der Waals surface area contributed by atoms with Gasteiger partial charge in [0, 0.05) is 15.1 Å². The van der Waals surface area contributed by atoms with Crippen molar-refractivity contribution in [1.29, 1.82) is 0 Å². The molecular formula is C24H20BrClN2O4S. The second-order valence-corrected chi connectivity index (χ2v) is 9.60. The summed E-state index contributed by atoms with van der Waals surface area (Å²) in [5, 5.41) is 0.561. The van der Waals surface area contributed by atoms with E-state index in [1.807, 2.05) is 18.2 Å². The molecule has 2 aromatic carbocycles. The van der Waals surface area contributed by atoms with Crippen LogP contribution in [-0.2, 0) is 9.53 Å². The lowest BCUT2D eigenvalue weighted by Crippen LogP contribution is -2.39. The van der Waals surface area contributed by atoms with Crippen molar-refractivity contribution in [3.8, 4) is 5.75 Å². The largest absolute Gasteiger partial charge is 0.496 e. The molecule has 2 heterocycles. The normalized spacial score (nSPS) is 15.8. The first-order chi connectivity index (χ1) is 15.8. The van der Waals surface area contributed by atoms with Crippen LogP contribution in [-0.4, -0.2) is 24.3 Å². The Balaban J connectivity index is 1.97. The average Bonchev–Trinajstić information content (AvgIpc) is 3.08. The summed E-state index contributed by atoms with van der Waals surface area (Å²) in [6.45, 7) is 3.71.